The zero-order valence-electron chi connectivity index (χ0n) is 10.5. The molecule has 3 rings (SSSR count). The summed E-state index contributed by atoms with van der Waals surface area (Å²) < 4.78 is 5.08. The lowest BCUT2D eigenvalue weighted by Crippen LogP contribution is -2.02. The monoisotopic (exact) mass is 265 g/mol. The fourth-order valence-corrected chi connectivity index (χ4v) is 1.91. The number of aromatic nitrogens is 1. The SMILES string of the molecule is O=c1oc(C=C(O)c2ccccc2)nc2ccccc12. The van der Waals surface area contributed by atoms with Gasteiger partial charge in [0.15, 0.2) is 0 Å². The van der Waals surface area contributed by atoms with Crippen molar-refractivity contribution in [3.63, 3.8) is 0 Å². The zero-order chi connectivity index (χ0) is 13.9. The topological polar surface area (TPSA) is 63.3 Å². The third-order valence-electron chi connectivity index (χ3n) is 2.88. The maximum atomic E-state index is 11.8. The molecule has 3 aromatic rings. The van der Waals surface area contributed by atoms with Gasteiger partial charge in [0, 0.05) is 11.6 Å². The molecule has 0 atom stereocenters. The van der Waals surface area contributed by atoms with Crippen molar-refractivity contribution in [1.29, 1.82) is 0 Å². The van der Waals surface area contributed by atoms with E-state index in [1.54, 1.807) is 36.4 Å². The summed E-state index contributed by atoms with van der Waals surface area (Å²) in [6.07, 6.45) is 1.34. The Morgan fingerprint density at radius 3 is 2.55 bits per heavy atom. The summed E-state index contributed by atoms with van der Waals surface area (Å²) >= 11 is 0. The maximum Gasteiger partial charge on any atom is 0.347 e. The highest BCUT2D eigenvalue weighted by atomic mass is 16.4. The number of nitrogens with zero attached hydrogens (tertiary/aromatic N) is 1. The smallest absolute Gasteiger partial charge is 0.347 e. The predicted octanol–water partition coefficient (Wildman–Crippen LogP) is 3.24. The highest BCUT2D eigenvalue weighted by Gasteiger charge is 2.05. The van der Waals surface area contributed by atoms with Crippen molar-refractivity contribution in [3.05, 3.63) is 76.5 Å². The average Bonchev–Trinajstić information content (AvgIpc) is 2.48. The number of fused-ring (bicyclic) bond motifs is 1. The molecule has 2 aromatic carbocycles. The molecule has 0 fully saturated rings. The van der Waals surface area contributed by atoms with E-state index in [0.717, 1.165) is 0 Å². The first kappa shape index (κ1) is 12.2. The molecule has 0 aliphatic rings. The molecule has 0 spiro atoms. The Kier molecular flexibility index (Phi) is 3.05. The van der Waals surface area contributed by atoms with Crippen LogP contribution in [0.5, 0.6) is 0 Å². The molecule has 0 bridgehead atoms. The molecular formula is C16H11NO3. The van der Waals surface area contributed by atoms with Crippen LogP contribution in [0.4, 0.5) is 0 Å². The summed E-state index contributed by atoms with van der Waals surface area (Å²) in [4.78, 5) is 16.0. The van der Waals surface area contributed by atoms with Gasteiger partial charge in [-0.15, -0.1) is 0 Å². The maximum absolute atomic E-state index is 11.8. The highest BCUT2D eigenvalue weighted by molar-refractivity contribution is 5.79. The van der Waals surface area contributed by atoms with Crippen molar-refractivity contribution in [2.75, 3.05) is 0 Å². The lowest BCUT2D eigenvalue weighted by Gasteiger charge is -2.00. The summed E-state index contributed by atoms with van der Waals surface area (Å²) in [5.41, 5.74) is 0.698. The minimum Gasteiger partial charge on any atom is -0.507 e. The van der Waals surface area contributed by atoms with Crippen LogP contribution in [-0.4, -0.2) is 10.1 Å². The first-order chi connectivity index (χ1) is 9.74. The largest absolute Gasteiger partial charge is 0.507 e. The molecule has 1 aromatic heterocycles. The standard InChI is InChI=1S/C16H11NO3/c18-14(11-6-2-1-3-7-11)10-15-17-13-9-5-4-8-12(13)16(19)20-15/h1-10,18H. The average molecular weight is 265 g/mol. The van der Waals surface area contributed by atoms with E-state index in [0.29, 0.717) is 16.5 Å². The van der Waals surface area contributed by atoms with Gasteiger partial charge in [-0.3, -0.25) is 0 Å². The quantitative estimate of drug-likeness (QED) is 0.722. The first-order valence-corrected chi connectivity index (χ1v) is 6.10. The Morgan fingerprint density at radius 1 is 1.05 bits per heavy atom. The summed E-state index contributed by atoms with van der Waals surface area (Å²) in [5, 5.41) is 10.4. The lowest BCUT2D eigenvalue weighted by molar-refractivity contribution is 0.483. The van der Waals surface area contributed by atoms with Crippen molar-refractivity contribution in [2.24, 2.45) is 0 Å². The summed E-state index contributed by atoms with van der Waals surface area (Å²) in [5.74, 6) is 0.0755. The Labute approximate surface area is 114 Å². The van der Waals surface area contributed by atoms with Gasteiger partial charge in [0.05, 0.1) is 10.9 Å². The number of hydrogen-bond donors (Lipinski definition) is 1. The van der Waals surface area contributed by atoms with Gasteiger partial charge in [-0.2, -0.15) is 0 Å². The fourth-order valence-electron chi connectivity index (χ4n) is 1.91. The van der Waals surface area contributed by atoms with Crippen molar-refractivity contribution >= 4 is 22.7 Å². The van der Waals surface area contributed by atoms with Gasteiger partial charge < -0.3 is 9.52 Å². The molecule has 98 valence electrons. The third kappa shape index (κ3) is 2.31. The number of benzene rings is 2. The van der Waals surface area contributed by atoms with Gasteiger partial charge >= 0.3 is 5.63 Å². The number of para-hydroxylation sites is 1. The van der Waals surface area contributed by atoms with Crippen LogP contribution in [-0.2, 0) is 0 Å². The van der Waals surface area contributed by atoms with Crippen LogP contribution in [0.25, 0.3) is 22.7 Å². The van der Waals surface area contributed by atoms with E-state index in [-0.39, 0.29) is 11.6 Å². The van der Waals surface area contributed by atoms with E-state index < -0.39 is 5.63 Å². The molecule has 4 heteroatoms. The van der Waals surface area contributed by atoms with Gasteiger partial charge in [-0.25, -0.2) is 9.78 Å². The third-order valence-corrected chi connectivity index (χ3v) is 2.88. The molecule has 0 radical (unpaired) electrons. The molecule has 0 unspecified atom stereocenters. The van der Waals surface area contributed by atoms with Crippen LogP contribution in [0.1, 0.15) is 11.5 Å². The molecule has 0 amide bonds. The van der Waals surface area contributed by atoms with E-state index in [4.69, 9.17) is 4.42 Å². The van der Waals surface area contributed by atoms with E-state index in [1.807, 2.05) is 18.2 Å². The van der Waals surface area contributed by atoms with Crippen LogP contribution in [0.2, 0.25) is 0 Å². The Balaban J connectivity index is 2.09. The molecule has 0 saturated heterocycles. The van der Waals surface area contributed by atoms with Crippen LogP contribution < -0.4 is 5.63 Å². The minimum absolute atomic E-state index is 0.00321. The van der Waals surface area contributed by atoms with Crippen LogP contribution in [0.15, 0.2) is 63.8 Å². The van der Waals surface area contributed by atoms with Gasteiger partial charge in [0.25, 0.3) is 0 Å². The van der Waals surface area contributed by atoms with Gasteiger partial charge in [-0.1, -0.05) is 42.5 Å². The number of aliphatic hydroxyl groups is 1. The first-order valence-electron chi connectivity index (χ1n) is 6.10. The predicted molar refractivity (Wildman–Crippen MR) is 77.2 cm³/mol. The van der Waals surface area contributed by atoms with Gasteiger partial charge in [0.1, 0.15) is 5.76 Å². The van der Waals surface area contributed by atoms with Crippen molar-refractivity contribution in [3.8, 4) is 0 Å². The zero-order valence-corrected chi connectivity index (χ0v) is 10.5. The van der Waals surface area contributed by atoms with E-state index in [2.05, 4.69) is 4.98 Å². The minimum atomic E-state index is -0.470. The van der Waals surface area contributed by atoms with E-state index in [1.165, 1.54) is 6.08 Å². The molecule has 0 aliphatic carbocycles. The summed E-state index contributed by atoms with van der Waals surface area (Å²) in [7, 11) is 0. The van der Waals surface area contributed by atoms with Crippen molar-refractivity contribution in [2.45, 2.75) is 0 Å². The van der Waals surface area contributed by atoms with Crippen LogP contribution >= 0.6 is 0 Å². The molecule has 1 heterocycles. The van der Waals surface area contributed by atoms with Crippen LogP contribution in [0, 0.1) is 0 Å². The highest BCUT2D eigenvalue weighted by Crippen LogP contribution is 2.15. The molecule has 0 saturated carbocycles. The number of hydrogen-bond acceptors (Lipinski definition) is 4. The number of aliphatic hydroxyl groups excluding tert-OH is 1. The Hall–Kier alpha value is -2.88. The second kappa shape index (κ2) is 5.01. The van der Waals surface area contributed by atoms with Crippen molar-refractivity contribution in [1.82, 2.24) is 4.98 Å². The second-order valence-corrected chi connectivity index (χ2v) is 4.25. The molecule has 20 heavy (non-hydrogen) atoms. The Morgan fingerprint density at radius 2 is 1.75 bits per heavy atom. The van der Waals surface area contributed by atoms with E-state index >= 15 is 0 Å². The molecular weight excluding hydrogens is 254 g/mol. The number of rotatable bonds is 2. The van der Waals surface area contributed by atoms with Gasteiger partial charge in [-0.05, 0) is 12.1 Å². The molecule has 0 aliphatic heterocycles. The van der Waals surface area contributed by atoms with E-state index in [9.17, 15) is 9.90 Å². The normalized spacial score (nSPS) is 11.7. The fraction of sp³-hybridized carbons (Fsp3) is 0. The molecule has 4 nitrogen and oxygen atoms in total. The van der Waals surface area contributed by atoms with Crippen molar-refractivity contribution < 1.29 is 9.52 Å². The second-order valence-electron chi connectivity index (χ2n) is 4.25. The van der Waals surface area contributed by atoms with Crippen LogP contribution in [0.3, 0.4) is 0 Å². The summed E-state index contributed by atoms with van der Waals surface area (Å²) in [6.45, 7) is 0. The van der Waals surface area contributed by atoms with Gasteiger partial charge in [0.2, 0.25) is 5.89 Å². The Bertz CT molecular complexity index is 835. The lowest BCUT2D eigenvalue weighted by atomic mass is 10.2. The summed E-state index contributed by atoms with van der Waals surface area (Å²) in [6, 6.07) is 15.9. The molecule has 1 N–H and O–H groups in total.